The predicted molar refractivity (Wildman–Crippen MR) is 99.6 cm³/mol. The van der Waals surface area contributed by atoms with Gasteiger partial charge in [-0.1, -0.05) is 37.2 Å². The molecule has 0 fully saturated rings. The first-order chi connectivity index (χ1) is 12.6. The van der Waals surface area contributed by atoms with Crippen LogP contribution in [0.1, 0.15) is 13.8 Å². The van der Waals surface area contributed by atoms with Crippen LogP contribution in [0.2, 0.25) is 0 Å². The van der Waals surface area contributed by atoms with E-state index in [0.717, 1.165) is 16.3 Å². The Kier molecular flexibility index (Phi) is 4.08. The first-order valence-corrected chi connectivity index (χ1v) is 8.49. The van der Waals surface area contributed by atoms with E-state index < -0.39 is 0 Å². The second-order valence-electron chi connectivity index (χ2n) is 6.63. The van der Waals surface area contributed by atoms with E-state index in [9.17, 15) is 4.79 Å². The summed E-state index contributed by atoms with van der Waals surface area (Å²) in [7, 11) is 0. The van der Waals surface area contributed by atoms with Crippen molar-refractivity contribution in [3.8, 4) is 22.8 Å². The highest BCUT2D eigenvalue weighted by atomic mass is 16.5. The fourth-order valence-electron chi connectivity index (χ4n) is 2.95. The summed E-state index contributed by atoms with van der Waals surface area (Å²) in [5.41, 5.74) is 1.41. The summed E-state index contributed by atoms with van der Waals surface area (Å²) >= 11 is 0. The SMILES string of the molecule is CC(C)Cn1ccc(-c2nc(-c3cccc4cnccc34)no2)cc1=O. The van der Waals surface area contributed by atoms with Gasteiger partial charge < -0.3 is 9.09 Å². The molecular weight excluding hydrogens is 328 g/mol. The lowest BCUT2D eigenvalue weighted by Crippen LogP contribution is -2.20. The normalized spacial score (nSPS) is 11.3. The van der Waals surface area contributed by atoms with Crippen LogP contribution in [0.15, 0.2) is 64.3 Å². The van der Waals surface area contributed by atoms with Gasteiger partial charge in [0.05, 0.1) is 0 Å². The molecule has 0 radical (unpaired) electrons. The molecule has 0 aliphatic heterocycles. The van der Waals surface area contributed by atoms with Gasteiger partial charge in [-0.05, 0) is 23.4 Å². The third-order valence-corrected chi connectivity index (χ3v) is 4.15. The molecule has 0 saturated carbocycles. The van der Waals surface area contributed by atoms with Gasteiger partial charge in [0, 0.05) is 47.7 Å². The van der Waals surface area contributed by atoms with E-state index in [4.69, 9.17) is 4.52 Å². The van der Waals surface area contributed by atoms with Crippen LogP contribution in [0.25, 0.3) is 33.6 Å². The van der Waals surface area contributed by atoms with Gasteiger partial charge in [-0.15, -0.1) is 0 Å². The Hall–Kier alpha value is -3.28. The molecule has 3 heterocycles. The lowest BCUT2D eigenvalue weighted by Gasteiger charge is -2.08. The number of rotatable bonds is 4. The number of hydrogen-bond acceptors (Lipinski definition) is 5. The second kappa shape index (κ2) is 6.55. The van der Waals surface area contributed by atoms with Crippen LogP contribution in [-0.2, 0) is 6.54 Å². The molecule has 130 valence electrons. The van der Waals surface area contributed by atoms with Crippen LogP contribution in [-0.4, -0.2) is 19.7 Å². The third kappa shape index (κ3) is 3.01. The van der Waals surface area contributed by atoms with Gasteiger partial charge in [0.15, 0.2) is 0 Å². The average Bonchev–Trinajstić information content (AvgIpc) is 3.12. The summed E-state index contributed by atoms with van der Waals surface area (Å²) in [6.07, 6.45) is 5.31. The Morgan fingerprint density at radius 2 is 2.08 bits per heavy atom. The van der Waals surface area contributed by atoms with Crippen molar-refractivity contribution in [1.29, 1.82) is 0 Å². The first kappa shape index (κ1) is 16.2. The van der Waals surface area contributed by atoms with Crippen molar-refractivity contribution >= 4 is 10.8 Å². The monoisotopic (exact) mass is 346 g/mol. The summed E-state index contributed by atoms with van der Waals surface area (Å²) in [6, 6.07) is 11.1. The number of fused-ring (bicyclic) bond motifs is 1. The molecule has 0 aliphatic rings. The van der Waals surface area contributed by atoms with E-state index in [1.807, 2.05) is 30.3 Å². The van der Waals surface area contributed by atoms with E-state index in [1.165, 1.54) is 6.07 Å². The second-order valence-corrected chi connectivity index (χ2v) is 6.63. The molecule has 0 amide bonds. The van der Waals surface area contributed by atoms with E-state index in [0.29, 0.717) is 29.7 Å². The maximum Gasteiger partial charge on any atom is 0.258 e. The van der Waals surface area contributed by atoms with E-state index in [2.05, 4.69) is 29.0 Å². The topological polar surface area (TPSA) is 73.8 Å². The van der Waals surface area contributed by atoms with Gasteiger partial charge in [0.25, 0.3) is 11.4 Å². The van der Waals surface area contributed by atoms with Crippen molar-refractivity contribution in [2.45, 2.75) is 20.4 Å². The molecule has 4 rings (SSSR count). The fraction of sp³-hybridized carbons (Fsp3) is 0.200. The van der Waals surface area contributed by atoms with Crippen LogP contribution < -0.4 is 5.56 Å². The van der Waals surface area contributed by atoms with Gasteiger partial charge in [0.2, 0.25) is 5.82 Å². The summed E-state index contributed by atoms with van der Waals surface area (Å²) in [5.74, 6) is 1.22. The molecule has 0 unspecified atom stereocenters. The summed E-state index contributed by atoms with van der Waals surface area (Å²) in [6.45, 7) is 4.83. The highest BCUT2D eigenvalue weighted by molar-refractivity contribution is 5.94. The summed E-state index contributed by atoms with van der Waals surface area (Å²) < 4.78 is 7.09. The molecule has 0 spiro atoms. The number of hydrogen-bond donors (Lipinski definition) is 0. The first-order valence-electron chi connectivity index (χ1n) is 8.49. The van der Waals surface area contributed by atoms with Crippen molar-refractivity contribution in [3.63, 3.8) is 0 Å². The predicted octanol–water partition coefficient (Wildman–Crippen LogP) is 3.77. The molecule has 0 bridgehead atoms. The smallest absolute Gasteiger partial charge is 0.258 e. The molecule has 26 heavy (non-hydrogen) atoms. The van der Waals surface area contributed by atoms with E-state index >= 15 is 0 Å². The van der Waals surface area contributed by atoms with Gasteiger partial charge in [-0.25, -0.2) is 0 Å². The Morgan fingerprint density at radius 1 is 1.19 bits per heavy atom. The van der Waals surface area contributed by atoms with Crippen LogP contribution >= 0.6 is 0 Å². The van der Waals surface area contributed by atoms with Crippen molar-refractivity contribution < 1.29 is 4.52 Å². The molecule has 0 N–H and O–H groups in total. The van der Waals surface area contributed by atoms with Gasteiger partial charge in [-0.2, -0.15) is 4.98 Å². The minimum Gasteiger partial charge on any atom is -0.334 e. The maximum atomic E-state index is 12.3. The van der Waals surface area contributed by atoms with Crippen molar-refractivity contribution in [1.82, 2.24) is 19.7 Å². The number of pyridine rings is 2. The quantitative estimate of drug-likeness (QED) is 0.562. The molecule has 0 aliphatic carbocycles. The number of aromatic nitrogens is 4. The zero-order chi connectivity index (χ0) is 18.1. The van der Waals surface area contributed by atoms with Gasteiger partial charge >= 0.3 is 0 Å². The number of nitrogens with zero attached hydrogens (tertiary/aromatic N) is 4. The average molecular weight is 346 g/mol. The minimum absolute atomic E-state index is 0.0767. The Morgan fingerprint density at radius 3 is 2.88 bits per heavy atom. The zero-order valence-electron chi connectivity index (χ0n) is 14.6. The molecule has 3 aromatic heterocycles. The highest BCUT2D eigenvalue weighted by Gasteiger charge is 2.14. The molecule has 0 saturated heterocycles. The fourth-order valence-corrected chi connectivity index (χ4v) is 2.95. The van der Waals surface area contributed by atoms with Gasteiger partial charge in [-0.3, -0.25) is 9.78 Å². The molecular formula is C20H18N4O2. The summed E-state index contributed by atoms with van der Waals surface area (Å²) in [5, 5.41) is 6.11. The maximum absolute atomic E-state index is 12.3. The summed E-state index contributed by atoms with van der Waals surface area (Å²) in [4.78, 5) is 20.9. The lowest BCUT2D eigenvalue weighted by molar-refractivity contribution is 0.432. The van der Waals surface area contributed by atoms with E-state index in [-0.39, 0.29) is 5.56 Å². The van der Waals surface area contributed by atoms with Crippen LogP contribution in [0.3, 0.4) is 0 Å². The van der Waals surface area contributed by atoms with Crippen LogP contribution in [0.5, 0.6) is 0 Å². The van der Waals surface area contributed by atoms with Crippen molar-refractivity contribution in [3.05, 3.63) is 65.3 Å². The Balaban J connectivity index is 1.72. The van der Waals surface area contributed by atoms with Crippen LogP contribution in [0, 0.1) is 5.92 Å². The standard InChI is InChI=1S/C20H18N4O2/c1-13(2)12-24-9-7-14(10-18(24)25)20-22-19(23-26-20)17-5-3-4-15-11-21-8-6-16(15)17/h3-11,13H,12H2,1-2H3. The van der Waals surface area contributed by atoms with Crippen molar-refractivity contribution in [2.24, 2.45) is 5.92 Å². The molecule has 4 aromatic rings. The van der Waals surface area contributed by atoms with Crippen LogP contribution in [0.4, 0.5) is 0 Å². The molecule has 0 atom stereocenters. The molecule has 1 aromatic carbocycles. The Labute approximate surface area is 150 Å². The molecule has 6 heteroatoms. The third-order valence-electron chi connectivity index (χ3n) is 4.15. The highest BCUT2D eigenvalue weighted by Crippen LogP contribution is 2.27. The molecule has 6 nitrogen and oxygen atoms in total. The Bertz CT molecular complexity index is 1120. The zero-order valence-corrected chi connectivity index (χ0v) is 14.6. The van der Waals surface area contributed by atoms with Gasteiger partial charge in [0.1, 0.15) is 0 Å². The lowest BCUT2D eigenvalue weighted by atomic mass is 10.1. The number of benzene rings is 1. The van der Waals surface area contributed by atoms with Crippen molar-refractivity contribution in [2.75, 3.05) is 0 Å². The minimum atomic E-state index is -0.0767. The van der Waals surface area contributed by atoms with E-state index in [1.54, 1.807) is 23.2 Å². The largest absolute Gasteiger partial charge is 0.334 e.